The molecule has 0 amide bonds. The Balaban J connectivity index is 2.20. The molecule has 1 aliphatic rings. The summed E-state index contributed by atoms with van der Waals surface area (Å²) in [7, 11) is 1.76. The van der Waals surface area contributed by atoms with Crippen molar-refractivity contribution >= 4 is 0 Å². The number of rotatable bonds is 2. The van der Waals surface area contributed by atoms with Gasteiger partial charge in [0.25, 0.3) is 6.67 Å². The van der Waals surface area contributed by atoms with Gasteiger partial charge in [0.1, 0.15) is 0 Å². The summed E-state index contributed by atoms with van der Waals surface area (Å²) < 4.78 is 5.21. The van der Waals surface area contributed by atoms with Gasteiger partial charge in [0.05, 0.1) is 6.10 Å². The number of hydrogen-bond donors (Lipinski definition) is 0. The van der Waals surface area contributed by atoms with E-state index in [4.69, 9.17) is 11.3 Å². The van der Waals surface area contributed by atoms with Crippen LogP contribution < -0.4 is 0 Å². The summed E-state index contributed by atoms with van der Waals surface area (Å²) in [5.41, 5.74) is 0. The molecule has 1 saturated heterocycles. The van der Waals surface area contributed by atoms with Gasteiger partial charge >= 0.3 is 0 Å². The van der Waals surface area contributed by atoms with Crippen LogP contribution in [0.15, 0.2) is 0 Å². The summed E-state index contributed by atoms with van der Waals surface area (Å²) in [4.78, 5) is 5.51. The van der Waals surface area contributed by atoms with Crippen LogP contribution >= 0.6 is 0 Å². The highest BCUT2D eigenvalue weighted by Crippen LogP contribution is 2.11. The molecule has 0 spiro atoms. The highest BCUT2D eigenvalue weighted by Gasteiger charge is 2.19. The first-order valence-electron chi connectivity index (χ1n) is 3.95. The fourth-order valence-electron chi connectivity index (χ4n) is 1.39. The Morgan fingerprint density at radius 3 is 2.64 bits per heavy atom. The van der Waals surface area contributed by atoms with Crippen molar-refractivity contribution in [3.63, 3.8) is 0 Å². The van der Waals surface area contributed by atoms with Gasteiger partial charge in [-0.25, -0.2) is 11.5 Å². The maximum Gasteiger partial charge on any atom is 0.270 e. The topological polar surface area (TPSA) is 16.8 Å². The summed E-state index contributed by atoms with van der Waals surface area (Å²) >= 11 is 0. The minimum atomic E-state index is 0.428. The molecule has 1 heterocycles. The van der Waals surface area contributed by atoms with Crippen molar-refractivity contribution in [3.05, 3.63) is 11.4 Å². The first-order valence-corrected chi connectivity index (χ1v) is 3.95. The average Bonchev–Trinajstić information content (AvgIpc) is 2.07. The molecule has 0 aromatic heterocycles. The predicted octanol–water partition coefficient (Wildman–Crippen LogP) is 0.974. The predicted molar refractivity (Wildman–Crippen MR) is 43.1 cm³/mol. The Morgan fingerprint density at radius 1 is 1.55 bits per heavy atom. The Hall–Kier alpha value is -0.590. The number of ether oxygens (including phenoxy) is 1. The Kier molecular flexibility index (Phi) is 3.34. The lowest BCUT2D eigenvalue weighted by Gasteiger charge is -2.27. The second-order valence-electron chi connectivity index (χ2n) is 2.85. The van der Waals surface area contributed by atoms with Gasteiger partial charge in [0.2, 0.25) is 0 Å². The number of likely N-dealkylation sites (tertiary alicyclic amines) is 1. The smallest absolute Gasteiger partial charge is 0.270 e. The Bertz CT molecular complexity index is 145. The third-order valence-electron chi connectivity index (χ3n) is 2.14. The first kappa shape index (κ1) is 8.51. The van der Waals surface area contributed by atoms with Crippen LogP contribution in [0, 0.1) is 6.57 Å². The molecule has 3 heteroatoms. The first-order chi connectivity index (χ1) is 5.36. The maximum absolute atomic E-state index is 6.69. The van der Waals surface area contributed by atoms with E-state index in [0.717, 1.165) is 25.9 Å². The van der Waals surface area contributed by atoms with E-state index in [1.807, 2.05) is 0 Å². The molecule has 3 nitrogen and oxygen atoms in total. The molecule has 0 saturated carbocycles. The summed E-state index contributed by atoms with van der Waals surface area (Å²) in [5, 5.41) is 0. The summed E-state index contributed by atoms with van der Waals surface area (Å²) in [5.74, 6) is 0. The summed E-state index contributed by atoms with van der Waals surface area (Å²) in [6, 6.07) is 0. The van der Waals surface area contributed by atoms with Crippen LogP contribution in [0.4, 0.5) is 0 Å². The molecule has 0 atom stereocenters. The molecule has 0 bridgehead atoms. The molecular formula is C8H14N2O. The second kappa shape index (κ2) is 4.32. The normalized spacial score (nSPS) is 21.5. The number of methoxy groups -OCH3 is 1. The zero-order valence-electron chi connectivity index (χ0n) is 6.92. The minimum Gasteiger partial charge on any atom is -0.381 e. The van der Waals surface area contributed by atoms with E-state index < -0.39 is 0 Å². The lowest BCUT2D eigenvalue weighted by atomic mass is 10.1. The Labute approximate surface area is 67.8 Å². The molecule has 0 radical (unpaired) electrons. The lowest BCUT2D eigenvalue weighted by molar-refractivity contribution is 0.0443. The van der Waals surface area contributed by atoms with E-state index >= 15 is 0 Å². The van der Waals surface area contributed by atoms with Crippen molar-refractivity contribution in [3.8, 4) is 0 Å². The van der Waals surface area contributed by atoms with E-state index in [1.54, 1.807) is 7.11 Å². The number of nitrogens with zero attached hydrogens (tertiary/aromatic N) is 2. The standard InChI is InChI=1S/C8H14N2O/c1-9-7-10-5-3-8(11-2)4-6-10/h8H,3-7H2,2H3. The van der Waals surface area contributed by atoms with E-state index in [-0.39, 0.29) is 0 Å². The van der Waals surface area contributed by atoms with Crippen molar-refractivity contribution in [1.82, 2.24) is 4.90 Å². The SMILES string of the molecule is [C-]#[N+]CN1CCC(OC)CC1. The quantitative estimate of drug-likeness (QED) is 0.551. The monoisotopic (exact) mass is 154 g/mol. The van der Waals surface area contributed by atoms with E-state index in [1.165, 1.54) is 0 Å². The van der Waals surface area contributed by atoms with Crippen LogP contribution in [-0.4, -0.2) is 37.9 Å². The van der Waals surface area contributed by atoms with Gasteiger partial charge in [0.15, 0.2) is 0 Å². The van der Waals surface area contributed by atoms with Crippen molar-refractivity contribution in [2.45, 2.75) is 18.9 Å². The molecule has 0 unspecified atom stereocenters. The molecule has 1 fully saturated rings. The van der Waals surface area contributed by atoms with Gasteiger partial charge in [-0.2, -0.15) is 0 Å². The van der Waals surface area contributed by atoms with Gasteiger partial charge in [-0.05, 0) is 12.8 Å². The van der Waals surface area contributed by atoms with Crippen LogP contribution in [0.3, 0.4) is 0 Å². The third kappa shape index (κ3) is 2.49. The highest BCUT2D eigenvalue weighted by molar-refractivity contribution is 4.73. The van der Waals surface area contributed by atoms with Crippen LogP contribution in [0.25, 0.3) is 4.85 Å². The third-order valence-corrected chi connectivity index (χ3v) is 2.14. The van der Waals surface area contributed by atoms with Crippen molar-refractivity contribution in [2.24, 2.45) is 0 Å². The summed E-state index contributed by atoms with van der Waals surface area (Å²) in [6.45, 7) is 9.27. The Morgan fingerprint density at radius 2 is 2.18 bits per heavy atom. The lowest BCUT2D eigenvalue weighted by Crippen LogP contribution is -2.36. The average molecular weight is 154 g/mol. The maximum atomic E-state index is 6.69. The molecular weight excluding hydrogens is 140 g/mol. The highest BCUT2D eigenvalue weighted by atomic mass is 16.5. The van der Waals surface area contributed by atoms with E-state index in [0.29, 0.717) is 12.8 Å². The number of piperidine rings is 1. The molecule has 62 valence electrons. The van der Waals surface area contributed by atoms with Crippen molar-refractivity contribution in [1.29, 1.82) is 0 Å². The van der Waals surface area contributed by atoms with Crippen molar-refractivity contribution < 1.29 is 4.74 Å². The largest absolute Gasteiger partial charge is 0.381 e. The van der Waals surface area contributed by atoms with Gasteiger partial charge < -0.3 is 4.74 Å². The number of hydrogen-bond acceptors (Lipinski definition) is 2. The molecule has 0 N–H and O–H groups in total. The summed E-state index contributed by atoms with van der Waals surface area (Å²) in [6.07, 6.45) is 2.58. The fourth-order valence-corrected chi connectivity index (χ4v) is 1.39. The van der Waals surface area contributed by atoms with Gasteiger partial charge in [0, 0.05) is 20.2 Å². The molecule has 1 aliphatic heterocycles. The van der Waals surface area contributed by atoms with Gasteiger partial charge in [-0.1, -0.05) is 0 Å². The molecule has 0 aromatic carbocycles. The zero-order chi connectivity index (χ0) is 8.10. The van der Waals surface area contributed by atoms with E-state index in [9.17, 15) is 0 Å². The van der Waals surface area contributed by atoms with Gasteiger partial charge in [-0.3, -0.25) is 4.85 Å². The molecule has 0 aliphatic carbocycles. The molecule has 11 heavy (non-hydrogen) atoms. The van der Waals surface area contributed by atoms with Crippen LogP contribution in [-0.2, 0) is 4.74 Å². The minimum absolute atomic E-state index is 0.428. The van der Waals surface area contributed by atoms with Gasteiger partial charge in [-0.15, -0.1) is 0 Å². The fraction of sp³-hybridized carbons (Fsp3) is 0.875. The van der Waals surface area contributed by atoms with Crippen LogP contribution in [0.1, 0.15) is 12.8 Å². The van der Waals surface area contributed by atoms with Crippen LogP contribution in [0.2, 0.25) is 0 Å². The van der Waals surface area contributed by atoms with E-state index in [2.05, 4.69) is 9.74 Å². The zero-order valence-corrected chi connectivity index (χ0v) is 6.92. The molecule has 1 rings (SSSR count). The van der Waals surface area contributed by atoms with Crippen molar-refractivity contribution in [2.75, 3.05) is 26.9 Å². The molecule has 0 aromatic rings. The van der Waals surface area contributed by atoms with Crippen LogP contribution in [0.5, 0.6) is 0 Å². The second-order valence-corrected chi connectivity index (χ2v) is 2.85.